The van der Waals surface area contributed by atoms with Crippen molar-refractivity contribution in [2.75, 3.05) is 11.1 Å². The molecule has 27 heavy (non-hydrogen) atoms. The van der Waals surface area contributed by atoms with Gasteiger partial charge in [0, 0.05) is 6.54 Å². The predicted molar refractivity (Wildman–Crippen MR) is 105 cm³/mol. The van der Waals surface area contributed by atoms with Gasteiger partial charge in [0.15, 0.2) is 11.0 Å². The average Bonchev–Trinajstić information content (AvgIpc) is 3.30. The number of hydrogen-bond acceptors (Lipinski definition) is 8. The molecule has 0 radical (unpaired) electrons. The number of para-hydroxylation sites is 1. The Bertz CT molecular complexity index is 910. The molecule has 2 aromatic heterocycles. The molecule has 140 valence electrons. The van der Waals surface area contributed by atoms with E-state index >= 15 is 0 Å². The van der Waals surface area contributed by atoms with Gasteiger partial charge in [-0.2, -0.15) is 0 Å². The van der Waals surface area contributed by atoms with Gasteiger partial charge < -0.3 is 4.74 Å². The molecule has 0 aliphatic carbocycles. The van der Waals surface area contributed by atoms with Crippen molar-refractivity contribution in [2.24, 2.45) is 0 Å². The molecular weight excluding hydrogens is 384 g/mol. The van der Waals surface area contributed by atoms with E-state index in [0.29, 0.717) is 22.7 Å². The summed E-state index contributed by atoms with van der Waals surface area (Å²) in [5.74, 6) is 1.48. The fourth-order valence-electron chi connectivity index (χ4n) is 2.22. The van der Waals surface area contributed by atoms with E-state index < -0.39 is 0 Å². The molecule has 0 aliphatic rings. The van der Waals surface area contributed by atoms with Crippen LogP contribution in [-0.4, -0.2) is 36.6 Å². The third kappa shape index (κ3) is 5.14. The number of allylic oxidation sites excluding steroid dienone is 1. The lowest BCUT2D eigenvalue weighted by Gasteiger charge is -2.10. The summed E-state index contributed by atoms with van der Waals surface area (Å²) in [6, 6.07) is 7.79. The SMILES string of the molecule is C=CCn1c(COc2ccccc2C)nnc1SCC(=O)Nc1nncs1. The van der Waals surface area contributed by atoms with E-state index in [1.807, 2.05) is 35.8 Å². The lowest BCUT2D eigenvalue weighted by Crippen LogP contribution is -2.15. The van der Waals surface area contributed by atoms with Crippen LogP contribution in [0.25, 0.3) is 0 Å². The first-order valence-electron chi connectivity index (χ1n) is 8.07. The van der Waals surface area contributed by atoms with E-state index in [1.165, 1.54) is 23.1 Å². The van der Waals surface area contributed by atoms with Gasteiger partial charge in [-0.1, -0.05) is 47.4 Å². The van der Waals surface area contributed by atoms with Crippen molar-refractivity contribution in [3.8, 4) is 5.75 Å². The number of nitrogens with one attached hydrogen (secondary N) is 1. The van der Waals surface area contributed by atoms with Gasteiger partial charge in [-0.15, -0.1) is 27.0 Å². The molecule has 1 aromatic carbocycles. The number of ether oxygens (including phenoxy) is 1. The van der Waals surface area contributed by atoms with E-state index in [-0.39, 0.29) is 18.3 Å². The minimum Gasteiger partial charge on any atom is -0.485 e. The van der Waals surface area contributed by atoms with Gasteiger partial charge in [0.05, 0.1) is 5.75 Å². The molecule has 3 aromatic rings. The number of amides is 1. The molecule has 1 amide bonds. The third-order valence-electron chi connectivity index (χ3n) is 3.49. The van der Waals surface area contributed by atoms with Gasteiger partial charge in [0.1, 0.15) is 17.9 Å². The second-order valence-corrected chi connectivity index (χ2v) is 7.21. The number of anilines is 1. The molecule has 8 nitrogen and oxygen atoms in total. The first-order valence-corrected chi connectivity index (χ1v) is 9.94. The van der Waals surface area contributed by atoms with Crippen LogP contribution in [-0.2, 0) is 17.9 Å². The standard InChI is InChI=1S/C17H18N6O2S2/c1-3-8-23-14(9-25-13-7-5-4-6-12(13)2)20-22-17(23)26-10-15(24)19-16-21-18-11-27-16/h3-7,11H,1,8-10H2,2H3,(H,19,21,24). The van der Waals surface area contributed by atoms with Crippen molar-refractivity contribution in [2.45, 2.75) is 25.2 Å². The minimum absolute atomic E-state index is 0.178. The highest BCUT2D eigenvalue weighted by Crippen LogP contribution is 2.21. The summed E-state index contributed by atoms with van der Waals surface area (Å²) >= 11 is 2.56. The van der Waals surface area contributed by atoms with Crippen LogP contribution in [0.15, 0.2) is 47.6 Å². The van der Waals surface area contributed by atoms with Crippen LogP contribution in [0.4, 0.5) is 5.13 Å². The molecule has 0 spiro atoms. The third-order valence-corrected chi connectivity index (χ3v) is 5.07. The summed E-state index contributed by atoms with van der Waals surface area (Å²) in [6.45, 7) is 6.57. The maximum Gasteiger partial charge on any atom is 0.236 e. The smallest absolute Gasteiger partial charge is 0.236 e. The fraction of sp³-hybridized carbons (Fsp3) is 0.235. The van der Waals surface area contributed by atoms with Crippen LogP contribution in [0.3, 0.4) is 0 Å². The number of aromatic nitrogens is 5. The molecule has 0 unspecified atom stereocenters. The van der Waals surface area contributed by atoms with Crippen molar-refractivity contribution >= 4 is 34.1 Å². The lowest BCUT2D eigenvalue weighted by atomic mass is 10.2. The summed E-state index contributed by atoms with van der Waals surface area (Å²) < 4.78 is 7.74. The highest BCUT2D eigenvalue weighted by molar-refractivity contribution is 7.99. The highest BCUT2D eigenvalue weighted by atomic mass is 32.2. The maximum atomic E-state index is 12.0. The Hall–Kier alpha value is -2.72. The molecule has 0 atom stereocenters. The minimum atomic E-state index is -0.178. The quantitative estimate of drug-likeness (QED) is 0.434. The van der Waals surface area contributed by atoms with E-state index in [0.717, 1.165) is 11.3 Å². The molecule has 10 heteroatoms. The van der Waals surface area contributed by atoms with Gasteiger partial charge in [0.2, 0.25) is 11.0 Å². The zero-order valence-corrected chi connectivity index (χ0v) is 16.3. The van der Waals surface area contributed by atoms with Crippen molar-refractivity contribution < 1.29 is 9.53 Å². The zero-order valence-electron chi connectivity index (χ0n) is 14.7. The van der Waals surface area contributed by atoms with Crippen LogP contribution in [0, 0.1) is 6.92 Å². The Balaban J connectivity index is 1.63. The van der Waals surface area contributed by atoms with Gasteiger partial charge in [-0.25, -0.2) is 0 Å². The fourth-order valence-corrected chi connectivity index (χ4v) is 3.45. The number of carbonyl (C=O) groups excluding carboxylic acids is 1. The van der Waals surface area contributed by atoms with E-state index in [2.05, 4.69) is 32.3 Å². The molecule has 1 N–H and O–H groups in total. The second kappa shape index (κ2) is 9.28. The molecule has 0 aliphatic heterocycles. The summed E-state index contributed by atoms with van der Waals surface area (Å²) in [6.07, 6.45) is 1.76. The summed E-state index contributed by atoms with van der Waals surface area (Å²) in [7, 11) is 0. The maximum absolute atomic E-state index is 12.0. The largest absolute Gasteiger partial charge is 0.485 e. The number of aryl methyl sites for hydroxylation is 1. The normalized spacial score (nSPS) is 10.6. The van der Waals surface area contributed by atoms with Crippen LogP contribution in [0.5, 0.6) is 5.75 Å². The van der Waals surface area contributed by atoms with Crippen molar-refractivity contribution in [1.82, 2.24) is 25.0 Å². The lowest BCUT2D eigenvalue weighted by molar-refractivity contribution is -0.113. The molecular formula is C17H18N6O2S2. The molecule has 0 bridgehead atoms. The van der Waals surface area contributed by atoms with Crippen LogP contribution in [0.1, 0.15) is 11.4 Å². The summed E-state index contributed by atoms with van der Waals surface area (Å²) in [4.78, 5) is 12.0. The predicted octanol–water partition coefficient (Wildman–Crippen LogP) is 2.93. The Morgan fingerprint density at radius 3 is 2.96 bits per heavy atom. The topological polar surface area (TPSA) is 94.8 Å². The Morgan fingerprint density at radius 1 is 1.37 bits per heavy atom. The molecule has 0 saturated carbocycles. The zero-order chi connectivity index (χ0) is 19.1. The molecule has 3 rings (SSSR count). The Morgan fingerprint density at radius 2 is 2.22 bits per heavy atom. The van der Waals surface area contributed by atoms with E-state index in [1.54, 1.807) is 11.6 Å². The van der Waals surface area contributed by atoms with Crippen molar-refractivity contribution in [1.29, 1.82) is 0 Å². The number of hydrogen-bond donors (Lipinski definition) is 1. The number of thioether (sulfide) groups is 1. The number of rotatable bonds is 9. The van der Waals surface area contributed by atoms with Gasteiger partial charge in [-0.05, 0) is 18.6 Å². The van der Waals surface area contributed by atoms with Crippen LogP contribution in [0.2, 0.25) is 0 Å². The molecule has 2 heterocycles. The Labute approximate surface area is 164 Å². The molecule has 0 saturated heterocycles. The van der Waals surface area contributed by atoms with Gasteiger partial charge in [-0.3, -0.25) is 14.7 Å². The van der Waals surface area contributed by atoms with E-state index in [4.69, 9.17) is 4.74 Å². The highest BCUT2D eigenvalue weighted by Gasteiger charge is 2.15. The van der Waals surface area contributed by atoms with Crippen LogP contribution >= 0.6 is 23.1 Å². The first kappa shape index (κ1) is 19.1. The average molecular weight is 403 g/mol. The second-order valence-electron chi connectivity index (χ2n) is 5.43. The summed E-state index contributed by atoms with van der Waals surface area (Å²) in [5, 5.41) is 19.6. The number of carbonyl (C=O) groups is 1. The Kier molecular flexibility index (Phi) is 6.55. The molecule has 0 fully saturated rings. The van der Waals surface area contributed by atoms with Crippen LogP contribution < -0.4 is 10.1 Å². The van der Waals surface area contributed by atoms with Gasteiger partial charge >= 0.3 is 0 Å². The van der Waals surface area contributed by atoms with E-state index in [9.17, 15) is 4.79 Å². The monoisotopic (exact) mass is 402 g/mol. The van der Waals surface area contributed by atoms with Crippen molar-refractivity contribution in [3.05, 3.63) is 53.8 Å². The summed E-state index contributed by atoms with van der Waals surface area (Å²) in [5.41, 5.74) is 2.61. The van der Waals surface area contributed by atoms with Gasteiger partial charge in [0.25, 0.3) is 0 Å². The number of nitrogens with zero attached hydrogens (tertiary/aromatic N) is 5. The number of benzene rings is 1. The first-order chi connectivity index (χ1) is 13.2. The van der Waals surface area contributed by atoms with Crippen molar-refractivity contribution in [3.63, 3.8) is 0 Å².